The molecule has 0 atom stereocenters. The van der Waals surface area contributed by atoms with Gasteiger partial charge in [-0.25, -0.2) is 0 Å². The fourth-order valence-electron chi connectivity index (χ4n) is 1.71. The number of aryl methyl sites for hydroxylation is 1. The van der Waals surface area contributed by atoms with Crippen LogP contribution < -0.4 is 5.59 Å². The van der Waals surface area contributed by atoms with Crippen molar-refractivity contribution >= 4 is 12.7 Å². The number of hydrogen-bond donors (Lipinski definition) is 3. The lowest BCUT2D eigenvalue weighted by Crippen LogP contribution is -2.43. The van der Waals surface area contributed by atoms with Crippen molar-refractivity contribution in [1.29, 1.82) is 0 Å². The highest BCUT2D eigenvalue weighted by Gasteiger charge is 2.47. The Morgan fingerprint density at radius 3 is 2.64 bits per heavy atom. The molecule has 1 fully saturated rings. The zero-order valence-electron chi connectivity index (χ0n) is 8.01. The van der Waals surface area contributed by atoms with Gasteiger partial charge in [-0.2, -0.15) is 5.10 Å². The molecule has 1 heterocycles. The number of aliphatic hydroxyl groups excluding tert-OH is 1. The maximum absolute atomic E-state index is 9.20. The summed E-state index contributed by atoms with van der Waals surface area (Å²) >= 11 is 0. The van der Waals surface area contributed by atoms with E-state index in [1.54, 1.807) is 17.8 Å². The molecule has 6 heteroatoms. The smallest absolute Gasteiger partial charge is 0.422 e. The largest absolute Gasteiger partial charge is 0.508 e. The summed E-state index contributed by atoms with van der Waals surface area (Å²) in [6.07, 6.45) is 3.26. The molecule has 1 aliphatic rings. The van der Waals surface area contributed by atoms with E-state index in [4.69, 9.17) is 0 Å². The van der Waals surface area contributed by atoms with E-state index in [0.29, 0.717) is 5.59 Å². The first kappa shape index (κ1) is 9.70. The van der Waals surface area contributed by atoms with E-state index in [2.05, 4.69) is 5.10 Å². The maximum Gasteiger partial charge on any atom is 0.508 e. The highest BCUT2D eigenvalue weighted by Crippen LogP contribution is 2.41. The molecule has 0 saturated heterocycles. The summed E-state index contributed by atoms with van der Waals surface area (Å²) in [6, 6.07) is 0. The molecule has 2 rings (SSSR count). The Bertz CT molecular complexity index is 346. The first-order valence-electron chi connectivity index (χ1n) is 4.63. The van der Waals surface area contributed by atoms with E-state index in [-0.39, 0.29) is 12.1 Å². The van der Waals surface area contributed by atoms with Gasteiger partial charge < -0.3 is 15.2 Å². The molecule has 0 aliphatic heterocycles. The predicted octanol–water partition coefficient (Wildman–Crippen LogP) is -1.65. The third-order valence-electron chi connectivity index (χ3n) is 2.81. The normalized spacial score (nSPS) is 18.3. The molecular weight excluding hydrogens is 183 g/mol. The van der Waals surface area contributed by atoms with Crippen molar-refractivity contribution in [3.63, 3.8) is 0 Å². The SMILES string of the molecule is Cc1cnn(C2(CO)CC2)c1B(O)O. The second-order valence-electron chi connectivity index (χ2n) is 3.88. The molecule has 14 heavy (non-hydrogen) atoms. The van der Waals surface area contributed by atoms with Gasteiger partial charge in [0.15, 0.2) is 0 Å². The lowest BCUT2D eigenvalue weighted by molar-refractivity contribution is 0.204. The van der Waals surface area contributed by atoms with E-state index in [9.17, 15) is 15.2 Å². The Kier molecular flexibility index (Phi) is 2.13. The summed E-state index contributed by atoms with van der Waals surface area (Å²) in [4.78, 5) is 0. The molecule has 5 nitrogen and oxygen atoms in total. The molecule has 1 aromatic heterocycles. The van der Waals surface area contributed by atoms with Crippen molar-refractivity contribution < 1.29 is 15.2 Å². The van der Waals surface area contributed by atoms with Gasteiger partial charge in [-0.1, -0.05) is 0 Å². The Labute approximate surface area is 82.1 Å². The molecule has 0 amide bonds. The topological polar surface area (TPSA) is 78.5 Å². The number of aromatic nitrogens is 2. The molecule has 1 aliphatic carbocycles. The fraction of sp³-hybridized carbons (Fsp3) is 0.625. The third kappa shape index (κ3) is 1.27. The van der Waals surface area contributed by atoms with Gasteiger partial charge in [-0.15, -0.1) is 0 Å². The van der Waals surface area contributed by atoms with E-state index in [1.165, 1.54) is 0 Å². The van der Waals surface area contributed by atoms with Gasteiger partial charge in [0.2, 0.25) is 0 Å². The first-order chi connectivity index (χ1) is 6.60. The summed E-state index contributed by atoms with van der Waals surface area (Å²) in [7, 11) is -1.53. The van der Waals surface area contributed by atoms with Crippen LogP contribution in [0.3, 0.4) is 0 Å². The summed E-state index contributed by atoms with van der Waals surface area (Å²) in [5.41, 5.74) is 0.740. The molecule has 0 aromatic carbocycles. The minimum absolute atomic E-state index is 0.00611. The van der Waals surface area contributed by atoms with Crippen LogP contribution >= 0.6 is 0 Å². The molecule has 0 radical (unpaired) electrons. The second-order valence-corrected chi connectivity index (χ2v) is 3.88. The second kappa shape index (κ2) is 3.08. The molecule has 1 aromatic rings. The lowest BCUT2D eigenvalue weighted by atomic mass is 9.83. The summed E-state index contributed by atoms with van der Waals surface area (Å²) in [6.45, 7) is 1.76. The Hall–Kier alpha value is -0.845. The molecular formula is C8H13BN2O3. The third-order valence-corrected chi connectivity index (χ3v) is 2.81. The van der Waals surface area contributed by atoms with Crippen molar-refractivity contribution in [2.75, 3.05) is 6.61 Å². The monoisotopic (exact) mass is 196 g/mol. The predicted molar refractivity (Wildman–Crippen MR) is 51.1 cm³/mol. The first-order valence-corrected chi connectivity index (χ1v) is 4.63. The van der Waals surface area contributed by atoms with Gasteiger partial charge in [-0.05, 0) is 25.3 Å². The van der Waals surface area contributed by atoms with Crippen LogP contribution in [0.2, 0.25) is 0 Å². The zero-order valence-corrected chi connectivity index (χ0v) is 8.01. The van der Waals surface area contributed by atoms with Crippen LogP contribution in [0.25, 0.3) is 0 Å². The molecule has 76 valence electrons. The lowest BCUT2D eigenvalue weighted by Gasteiger charge is -2.16. The molecule has 1 saturated carbocycles. The van der Waals surface area contributed by atoms with Gasteiger partial charge in [0, 0.05) is 0 Å². The van der Waals surface area contributed by atoms with Crippen LogP contribution in [-0.2, 0) is 5.54 Å². The Morgan fingerprint density at radius 1 is 1.57 bits per heavy atom. The molecule has 0 bridgehead atoms. The summed E-state index contributed by atoms with van der Waals surface area (Å²) in [5.74, 6) is 0. The van der Waals surface area contributed by atoms with Gasteiger partial charge >= 0.3 is 7.12 Å². The molecule has 3 N–H and O–H groups in total. The van der Waals surface area contributed by atoms with E-state index in [1.807, 2.05) is 0 Å². The van der Waals surface area contributed by atoms with E-state index in [0.717, 1.165) is 18.4 Å². The quantitative estimate of drug-likeness (QED) is 0.506. The molecule has 0 spiro atoms. The number of nitrogens with zero attached hydrogens (tertiary/aromatic N) is 2. The van der Waals surface area contributed by atoms with E-state index < -0.39 is 7.12 Å². The summed E-state index contributed by atoms with van der Waals surface area (Å²) in [5, 5.41) is 31.6. The van der Waals surface area contributed by atoms with Crippen LogP contribution in [0.4, 0.5) is 0 Å². The van der Waals surface area contributed by atoms with Crippen molar-refractivity contribution in [1.82, 2.24) is 9.78 Å². The van der Waals surface area contributed by atoms with Gasteiger partial charge in [0.1, 0.15) is 0 Å². The zero-order chi connectivity index (χ0) is 10.3. The highest BCUT2D eigenvalue weighted by atomic mass is 16.4. The average molecular weight is 196 g/mol. The maximum atomic E-state index is 9.20. The van der Waals surface area contributed by atoms with Gasteiger partial charge in [-0.3, -0.25) is 4.68 Å². The van der Waals surface area contributed by atoms with Crippen molar-refractivity contribution in [2.45, 2.75) is 25.3 Å². The van der Waals surface area contributed by atoms with Crippen LogP contribution in [0, 0.1) is 6.92 Å². The van der Waals surface area contributed by atoms with Crippen LogP contribution in [0.15, 0.2) is 6.20 Å². The molecule has 0 unspecified atom stereocenters. The Balaban J connectivity index is 2.43. The van der Waals surface area contributed by atoms with Crippen LogP contribution in [-0.4, -0.2) is 38.7 Å². The average Bonchev–Trinajstić information content (AvgIpc) is 2.84. The standard InChI is InChI=1S/C8H13BN2O3/c1-6-4-10-11(7(6)9(13)14)8(5-12)2-3-8/h4,12-14H,2-3,5H2,1H3. The van der Waals surface area contributed by atoms with Crippen LogP contribution in [0.1, 0.15) is 18.4 Å². The van der Waals surface area contributed by atoms with Crippen molar-refractivity contribution in [2.24, 2.45) is 0 Å². The minimum atomic E-state index is -1.53. The number of aliphatic hydroxyl groups is 1. The number of hydrogen-bond acceptors (Lipinski definition) is 4. The van der Waals surface area contributed by atoms with Gasteiger partial charge in [0.05, 0.1) is 23.9 Å². The summed E-state index contributed by atoms with van der Waals surface area (Å²) < 4.78 is 1.55. The van der Waals surface area contributed by atoms with Gasteiger partial charge in [0.25, 0.3) is 0 Å². The highest BCUT2D eigenvalue weighted by molar-refractivity contribution is 6.58. The van der Waals surface area contributed by atoms with E-state index >= 15 is 0 Å². The number of rotatable bonds is 3. The van der Waals surface area contributed by atoms with Crippen molar-refractivity contribution in [3.05, 3.63) is 11.8 Å². The Morgan fingerprint density at radius 2 is 2.21 bits per heavy atom. The minimum Gasteiger partial charge on any atom is -0.422 e. The van der Waals surface area contributed by atoms with Crippen LogP contribution in [0.5, 0.6) is 0 Å². The fourth-order valence-corrected chi connectivity index (χ4v) is 1.71. The van der Waals surface area contributed by atoms with Crippen molar-refractivity contribution in [3.8, 4) is 0 Å².